The lowest BCUT2D eigenvalue weighted by atomic mass is 9.89. The molecule has 2 N–H and O–H groups in total. The molecule has 0 aromatic heterocycles. The van der Waals surface area contributed by atoms with Crippen LogP contribution in [0.1, 0.15) is 43.9 Å². The van der Waals surface area contributed by atoms with Crippen molar-refractivity contribution in [3.63, 3.8) is 0 Å². The van der Waals surface area contributed by atoms with Crippen LogP contribution in [0.2, 0.25) is 0 Å². The Hall–Kier alpha value is -1.02. The molecule has 2 rings (SSSR count). The maximum atomic E-state index is 10.4. The molecule has 0 bridgehead atoms. The van der Waals surface area contributed by atoms with E-state index in [1.54, 1.807) is 0 Å². The molecule has 1 heterocycles. The summed E-state index contributed by atoms with van der Waals surface area (Å²) in [4.78, 5) is 0. The first-order valence-corrected chi connectivity index (χ1v) is 6.31. The average molecular weight is 219 g/mol. The van der Waals surface area contributed by atoms with Crippen molar-refractivity contribution in [2.45, 2.75) is 39.2 Å². The molecule has 1 aliphatic rings. The molecule has 0 saturated heterocycles. The summed E-state index contributed by atoms with van der Waals surface area (Å²) in [6.07, 6.45) is 2.82. The van der Waals surface area contributed by atoms with E-state index in [0.29, 0.717) is 5.92 Å². The van der Waals surface area contributed by atoms with Crippen molar-refractivity contribution < 1.29 is 5.11 Å². The van der Waals surface area contributed by atoms with Gasteiger partial charge in [0.2, 0.25) is 0 Å². The van der Waals surface area contributed by atoms with E-state index in [2.05, 4.69) is 37.4 Å². The molecule has 2 heteroatoms. The number of nitrogens with one attached hydrogen (secondary N) is 1. The Morgan fingerprint density at radius 3 is 2.75 bits per heavy atom. The predicted octanol–water partition coefficient (Wildman–Crippen LogP) is 3.12. The van der Waals surface area contributed by atoms with E-state index in [4.69, 9.17) is 0 Å². The minimum atomic E-state index is -0.324. The van der Waals surface area contributed by atoms with Gasteiger partial charge in [0, 0.05) is 17.8 Å². The maximum absolute atomic E-state index is 10.4. The summed E-state index contributed by atoms with van der Waals surface area (Å²) in [7, 11) is 0. The lowest BCUT2D eigenvalue weighted by molar-refractivity contribution is 0.104. The van der Waals surface area contributed by atoms with Crippen LogP contribution < -0.4 is 5.32 Å². The molecule has 0 fully saturated rings. The van der Waals surface area contributed by atoms with Crippen molar-refractivity contribution in [2.24, 2.45) is 5.92 Å². The van der Waals surface area contributed by atoms with Crippen LogP contribution in [0.25, 0.3) is 0 Å². The number of aliphatic hydroxyl groups is 1. The molecule has 1 unspecified atom stereocenters. The summed E-state index contributed by atoms with van der Waals surface area (Å²) >= 11 is 0. The first kappa shape index (κ1) is 11.5. The van der Waals surface area contributed by atoms with Gasteiger partial charge < -0.3 is 10.4 Å². The van der Waals surface area contributed by atoms with Gasteiger partial charge in [-0.25, -0.2) is 0 Å². The van der Waals surface area contributed by atoms with Crippen molar-refractivity contribution in [3.8, 4) is 0 Å². The van der Waals surface area contributed by atoms with E-state index in [9.17, 15) is 5.11 Å². The number of para-hydroxylation sites is 1. The SMILES string of the molecule is CCC(CC)C(O)c1cccc2c1NCC2. The molecule has 1 atom stereocenters. The summed E-state index contributed by atoms with van der Waals surface area (Å²) in [6.45, 7) is 5.30. The predicted molar refractivity (Wildman–Crippen MR) is 67.7 cm³/mol. The summed E-state index contributed by atoms with van der Waals surface area (Å²) in [5, 5.41) is 13.8. The average Bonchev–Trinajstić information content (AvgIpc) is 2.78. The van der Waals surface area contributed by atoms with E-state index in [1.165, 1.54) is 11.3 Å². The number of rotatable bonds is 4. The fourth-order valence-corrected chi connectivity index (χ4v) is 2.60. The Balaban J connectivity index is 2.30. The van der Waals surface area contributed by atoms with Crippen molar-refractivity contribution >= 4 is 5.69 Å². The van der Waals surface area contributed by atoms with Crippen LogP contribution in [-0.4, -0.2) is 11.7 Å². The molecule has 1 aromatic rings. The molecule has 1 aromatic carbocycles. The Morgan fingerprint density at radius 1 is 1.31 bits per heavy atom. The standard InChI is InChI=1S/C14H21NO/c1-3-10(4-2)14(16)12-7-5-6-11-8-9-15-13(11)12/h5-7,10,14-16H,3-4,8-9H2,1-2H3. The molecule has 16 heavy (non-hydrogen) atoms. The van der Waals surface area contributed by atoms with Gasteiger partial charge in [-0.2, -0.15) is 0 Å². The molecule has 88 valence electrons. The second-order valence-corrected chi connectivity index (χ2v) is 4.58. The number of anilines is 1. The number of fused-ring (bicyclic) bond motifs is 1. The van der Waals surface area contributed by atoms with E-state index >= 15 is 0 Å². The third kappa shape index (κ3) is 1.94. The van der Waals surface area contributed by atoms with Crippen LogP contribution in [0.3, 0.4) is 0 Å². The summed E-state index contributed by atoms with van der Waals surface area (Å²) in [6, 6.07) is 6.27. The van der Waals surface area contributed by atoms with Crippen LogP contribution in [0.15, 0.2) is 18.2 Å². The van der Waals surface area contributed by atoms with Gasteiger partial charge in [-0.15, -0.1) is 0 Å². The minimum absolute atomic E-state index is 0.324. The number of hydrogen-bond donors (Lipinski definition) is 2. The Labute approximate surface area is 97.7 Å². The fourth-order valence-electron chi connectivity index (χ4n) is 2.60. The zero-order valence-electron chi connectivity index (χ0n) is 10.2. The van der Waals surface area contributed by atoms with Gasteiger partial charge in [0.1, 0.15) is 0 Å². The van der Waals surface area contributed by atoms with Gasteiger partial charge in [0.15, 0.2) is 0 Å². The Morgan fingerprint density at radius 2 is 2.06 bits per heavy atom. The van der Waals surface area contributed by atoms with E-state index in [1.807, 2.05) is 0 Å². The second-order valence-electron chi connectivity index (χ2n) is 4.58. The molecule has 0 saturated carbocycles. The highest BCUT2D eigenvalue weighted by molar-refractivity contribution is 5.61. The highest BCUT2D eigenvalue weighted by Gasteiger charge is 2.23. The van der Waals surface area contributed by atoms with Gasteiger partial charge in [0.25, 0.3) is 0 Å². The first-order chi connectivity index (χ1) is 7.77. The molecular weight excluding hydrogens is 198 g/mol. The van der Waals surface area contributed by atoms with Crippen LogP contribution in [-0.2, 0) is 6.42 Å². The maximum Gasteiger partial charge on any atom is 0.0838 e. The second kappa shape index (κ2) is 4.88. The largest absolute Gasteiger partial charge is 0.388 e. The summed E-state index contributed by atoms with van der Waals surface area (Å²) in [5.41, 5.74) is 3.62. The van der Waals surface area contributed by atoms with E-state index in [0.717, 1.165) is 31.4 Å². The molecule has 0 radical (unpaired) electrons. The zero-order chi connectivity index (χ0) is 11.5. The Bertz CT molecular complexity index is 358. The topological polar surface area (TPSA) is 32.3 Å². The van der Waals surface area contributed by atoms with E-state index in [-0.39, 0.29) is 6.10 Å². The molecule has 2 nitrogen and oxygen atoms in total. The quantitative estimate of drug-likeness (QED) is 0.815. The van der Waals surface area contributed by atoms with Crippen LogP contribution in [0.5, 0.6) is 0 Å². The van der Waals surface area contributed by atoms with Gasteiger partial charge in [0.05, 0.1) is 6.10 Å². The van der Waals surface area contributed by atoms with Gasteiger partial charge in [-0.05, 0) is 17.9 Å². The lowest BCUT2D eigenvalue weighted by Gasteiger charge is -2.22. The first-order valence-electron chi connectivity index (χ1n) is 6.31. The van der Waals surface area contributed by atoms with Crippen LogP contribution in [0.4, 0.5) is 5.69 Å². The molecule has 0 aliphatic carbocycles. The van der Waals surface area contributed by atoms with Crippen LogP contribution in [0, 0.1) is 5.92 Å². The monoisotopic (exact) mass is 219 g/mol. The zero-order valence-corrected chi connectivity index (χ0v) is 10.2. The molecule has 0 spiro atoms. The summed E-state index contributed by atoms with van der Waals surface area (Å²) < 4.78 is 0. The number of benzene rings is 1. The highest BCUT2D eigenvalue weighted by Crippen LogP contribution is 2.35. The fraction of sp³-hybridized carbons (Fsp3) is 0.571. The van der Waals surface area contributed by atoms with Gasteiger partial charge in [-0.3, -0.25) is 0 Å². The van der Waals surface area contributed by atoms with Crippen molar-refractivity contribution in [2.75, 3.05) is 11.9 Å². The Kier molecular flexibility index (Phi) is 3.49. The highest BCUT2D eigenvalue weighted by atomic mass is 16.3. The smallest absolute Gasteiger partial charge is 0.0838 e. The van der Waals surface area contributed by atoms with Crippen molar-refractivity contribution in [1.29, 1.82) is 0 Å². The number of aliphatic hydroxyl groups excluding tert-OH is 1. The minimum Gasteiger partial charge on any atom is -0.388 e. The molecule has 0 amide bonds. The van der Waals surface area contributed by atoms with Crippen LogP contribution >= 0.6 is 0 Å². The van der Waals surface area contributed by atoms with E-state index < -0.39 is 0 Å². The van der Waals surface area contributed by atoms with Gasteiger partial charge >= 0.3 is 0 Å². The third-order valence-corrected chi connectivity index (χ3v) is 3.69. The summed E-state index contributed by atoms with van der Waals surface area (Å²) in [5.74, 6) is 0.369. The lowest BCUT2D eigenvalue weighted by Crippen LogP contribution is -2.12. The molecule has 1 aliphatic heterocycles. The normalized spacial score (nSPS) is 16.0. The number of hydrogen-bond acceptors (Lipinski definition) is 2. The van der Waals surface area contributed by atoms with Gasteiger partial charge in [-0.1, -0.05) is 44.9 Å². The van der Waals surface area contributed by atoms with Crippen molar-refractivity contribution in [3.05, 3.63) is 29.3 Å². The molecular formula is C14H21NO. The third-order valence-electron chi connectivity index (χ3n) is 3.69. The van der Waals surface area contributed by atoms with Crippen molar-refractivity contribution in [1.82, 2.24) is 0 Å².